The third kappa shape index (κ3) is 6.80. The molecule has 5 heterocycles. The summed E-state index contributed by atoms with van der Waals surface area (Å²) in [5.41, 5.74) is 0. The third-order valence-corrected chi connectivity index (χ3v) is 6.35. The van der Waals surface area contributed by atoms with Gasteiger partial charge in [0.25, 0.3) is 0 Å². The van der Waals surface area contributed by atoms with Gasteiger partial charge in [-0.2, -0.15) is 19.9 Å². The first-order chi connectivity index (χ1) is 17.8. The Morgan fingerprint density at radius 3 is 1.67 bits per heavy atom. The van der Waals surface area contributed by atoms with Crippen LogP contribution in [0.2, 0.25) is 0 Å². The summed E-state index contributed by atoms with van der Waals surface area (Å²) in [7, 11) is 0. The molecule has 13 nitrogen and oxygen atoms in total. The van der Waals surface area contributed by atoms with Crippen molar-refractivity contribution >= 4 is 29.6 Å². The second kappa shape index (κ2) is 12.8. The molecule has 5 rings (SSSR count). The topological polar surface area (TPSA) is 126 Å². The van der Waals surface area contributed by atoms with Gasteiger partial charge in [-0.05, 0) is 18.9 Å². The lowest BCUT2D eigenvalue weighted by Gasteiger charge is -2.30. The Morgan fingerprint density at radius 2 is 1.11 bits per heavy atom. The molecule has 0 saturated carbocycles. The summed E-state index contributed by atoms with van der Waals surface area (Å²) in [4.78, 5) is 29.7. The predicted octanol–water partition coefficient (Wildman–Crippen LogP) is 0.476. The molecule has 2 aromatic heterocycles. The molecular formula is C23H36N10O3. The molecule has 2 aromatic rings. The van der Waals surface area contributed by atoms with E-state index in [4.69, 9.17) is 29.2 Å². The number of hydrogen-bond acceptors (Lipinski definition) is 13. The molecule has 0 amide bonds. The average Bonchev–Trinajstić information content (AvgIpc) is 2.96. The van der Waals surface area contributed by atoms with Crippen molar-refractivity contribution in [1.82, 2.24) is 24.9 Å². The molecule has 0 radical (unpaired) electrons. The number of nitrogens with one attached hydrogen (secondary N) is 2. The molecule has 0 unspecified atom stereocenters. The summed E-state index contributed by atoms with van der Waals surface area (Å²) in [5, 5.41) is 6.74. The molecule has 0 spiro atoms. The first kappa shape index (κ1) is 24.7. The number of aromatic nitrogens is 5. The zero-order valence-electron chi connectivity index (χ0n) is 20.8. The highest BCUT2D eigenvalue weighted by molar-refractivity contribution is 5.46. The van der Waals surface area contributed by atoms with Gasteiger partial charge in [0.2, 0.25) is 23.8 Å². The molecule has 0 bridgehead atoms. The van der Waals surface area contributed by atoms with Crippen LogP contribution in [0.5, 0.6) is 0 Å². The van der Waals surface area contributed by atoms with E-state index in [1.54, 1.807) is 6.20 Å². The van der Waals surface area contributed by atoms with E-state index >= 15 is 0 Å². The van der Waals surface area contributed by atoms with E-state index in [1.165, 1.54) is 0 Å². The Morgan fingerprint density at radius 1 is 0.611 bits per heavy atom. The lowest BCUT2D eigenvalue weighted by molar-refractivity contribution is 0.121. The predicted molar refractivity (Wildman–Crippen MR) is 137 cm³/mol. The molecule has 36 heavy (non-hydrogen) atoms. The SMILES string of the molecule is c1cc(N2CCOCC2)nc(NCCCCNc2nc(N3CCOCC3)nc(N3CCOCC3)n2)n1. The summed E-state index contributed by atoms with van der Waals surface area (Å²) in [6.45, 7) is 10.7. The van der Waals surface area contributed by atoms with Crippen LogP contribution in [0.3, 0.4) is 0 Å². The number of rotatable bonds is 10. The fourth-order valence-corrected chi connectivity index (χ4v) is 4.30. The van der Waals surface area contributed by atoms with E-state index in [-0.39, 0.29) is 0 Å². The fourth-order valence-electron chi connectivity index (χ4n) is 4.30. The van der Waals surface area contributed by atoms with Crippen molar-refractivity contribution < 1.29 is 14.2 Å². The van der Waals surface area contributed by atoms with Gasteiger partial charge in [-0.25, -0.2) is 4.98 Å². The minimum Gasteiger partial charge on any atom is -0.378 e. The molecule has 13 heteroatoms. The highest BCUT2D eigenvalue weighted by Gasteiger charge is 2.20. The molecule has 3 aliphatic rings. The van der Waals surface area contributed by atoms with Crippen LogP contribution in [0.25, 0.3) is 0 Å². The molecule has 3 fully saturated rings. The summed E-state index contributed by atoms with van der Waals surface area (Å²) in [6.07, 6.45) is 3.73. The number of anilines is 5. The second-order valence-electron chi connectivity index (χ2n) is 8.86. The highest BCUT2D eigenvalue weighted by Crippen LogP contribution is 2.19. The summed E-state index contributed by atoms with van der Waals surface area (Å²) >= 11 is 0. The van der Waals surface area contributed by atoms with Crippen LogP contribution in [0.15, 0.2) is 12.3 Å². The first-order valence-corrected chi connectivity index (χ1v) is 12.9. The lowest BCUT2D eigenvalue weighted by Crippen LogP contribution is -2.40. The van der Waals surface area contributed by atoms with Crippen LogP contribution in [-0.2, 0) is 14.2 Å². The van der Waals surface area contributed by atoms with Gasteiger partial charge in [0, 0.05) is 58.6 Å². The van der Waals surface area contributed by atoms with Crippen molar-refractivity contribution in [2.75, 3.05) is 117 Å². The number of morpholine rings is 3. The van der Waals surface area contributed by atoms with Crippen molar-refractivity contribution in [3.05, 3.63) is 12.3 Å². The van der Waals surface area contributed by atoms with E-state index in [2.05, 4.69) is 35.3 Å². The van der Waals surface area contributed by atoms with Gasteiger partial charge < -0.3 is 39.5 Å². The van der Waals surface area contributed by atoms with E-state index in [9.17, 15) is 0 Å². The van der Waals surface area contributed by atoms with Gasteiger partial charge in [-0.1, -0.05) is 0 Å². The summed E-state index contributed by atoms with van der Waals surface area (Å²) in [6, 6.07) is 1.95. The Balaban J connectivity index is 1.11. The van der Waals surface area contributed by atoms with Crippen LogP contribution >= 0.6 is 0 Å². The number of unbranched alkanes of at least 4 members (excludes halogenated alkanes) is 1. The largest absolute Gasteiger partial charge is 0.378 e. The van der Waals surface area contributed by atoms with Crippen LogP contribution in [0.1, 0.15) is 12.8 Å². The van der Waals surface area contributed by atoms with Crippen molar-refractivity contribution in [2.24, 2.45) is 0 Å². The molecule has 2 N–H and O–H groups in total. The van der Waals surface area contributed by atoms with Crippen molar-refractivity contribution in [3.8, 4) is 0 Å². The Kier molecular flexibility index (Phi) is 8.76. The summed E-state index contributed by atoms with van der Waals surface area (Å²) in [5.74, 6) is 3.63. The zero-order chi connectivity index (χ0) is 24.4. The molecule has 0 atom stereocenters. The van der Waals surface area contributed by atoms with Gasteiger partial charge >= 0.3 is 0 Å². The Bertz CT molecular complexity index is 913. The fraction of sp³-hybridized carbons (Fsp3) is 0.696. The monoisotopic (exact) mass is 500 g/mol. The summed E-state index contributed by atoms with van der Waals surface area (Å²) < 4.78 is 16.4. The van der Waals surface area contributed by atoms with E-state index < -0.39 is 0 Å². The second-order valence-corrected chi connectivity index (χ2v) is 8.86. The van der Waals surface area contributed by atoms with Crippen LogP contribution in [-0.4, -0.2) is 117 Å². The molecule has 0 aliphatic carbocycles. The standard InChI is InChI=1S/C23H36N10O3/c1(4-24-20-26-6-3-19(27-20)31-7-13-34-14-8-31)2-5-25-21-28-22(32-9-15-35-16-10-32)30-23(29-21)33-11-17-36-18-12-33/h3,6H,1-2,4-5,7-18H2,(H,24,26,27)(H,25,28,29,30). The average molecular weight is 501 g/mol. The third-order valence-electron chi connectivity index (χ3n) is 6.35. The van der Waals surface area contributed by atoms with Crippen LogP contribution < -0.4 is 25.3 Å². The molecule has 0 aromatic carbocycles. The smallest absolute Gasteiger partial charge is 0.232 e. The van der Waals surface area contributed by atoms with Crippen LogP contribution in [0.4, 0.5) is 29.6 Å². The minimum absolute atomic E-state index is 0.613. The van der Waals surface area contributed by atoms with E-state index in [0.717, 1.165) is 84.2 Å². The van der Waals surface area contributed by atoms with Gasteiger partial charge in [-0.15, -0.1) is 0 Å². The minimum atomic E-state index is 0.613. The molecule has 3 aliphatic heterocycles. The van der Waals surface area contributed by atoms with E-state index in [1.807, 2.05) is 6.07 Å². The van der Waals surface area contributed by atoms with Gasteiger partial charge in [0.1, 0.15) is 5.82 Å². The number of nitrogens with zero attached hydrogens (tertiary/aromatic N) is 8. The van der Waals surface area contributed by atoms with Gasteiger partial charge in [0.05, 0.1) is 39.6 Å². The number of hydrogen-bond donors (Lipinski definition) is 2. The lowest BCUT2D eigenvalue weighted by atomic mass is 10.3. The maximum atomic E-state index is 5.49. The highest BCUT2D eigenvalue weighted by atomic mass is 16.5. The van der Waals surface area contributed by atoms with Crippen LogP contribution in [0, 0.1) is 0 Å². The van der Waals surface area contributed by atoms with Crippen molar-refractivity contribution in [1.29, 1.82) is 0 Å². The van der Waals surface area contributed by atoms with E-state index in [0.29, 0.717) is 50.2 Å². The quantitative estimate of drug-likeness (QED) is 0.440. The molecule has 3 saturated heterocycles. The van der Waals surface area contributed by atoms with Gasteiger partial charge in [-0.3, -0.25) is 0 Å². The zero-order valence-corrected chi connectivity index (χ0v) is 20.8. The molecular weight excluding hydrogens is 464 g/mol. The maximum Gasteiger partial charge on any atom is 0.232 e. The van der Waals surface area contributed by atoms with Gasteiger partial charge in [0.15, 0.2) is 0 Å². The molecule has 196 valence electrons. The maximum absolute atomic E-state index is 5.49. The Labute approximate surface area is 211 Å². The first-order valence-electron chi connectivity index (χ1n) is 12.9. The number of ether oxygens (including phenoxy) is 3. The Hall–Kier alpha value is -3.03. The van der Waals surface area contributed by atoms with Crippen molar-refractivity contribution in [3.63, 3.8) is 0 Å². The van der Waals surface area contributed by atoms with Crippen molar-refractivity contribution in [2.45, 2.75) is 12.8 Å². The normalized spacial score (nSPS) is 18.8.